The summed E-state index contributed by atoms with van der Waals surface area (Å²) in [4.78, 5) is 31.7. The Labute approximate surface area is 254 Å². The Bertz CT molecular complexity index is 1490. The lowest BCUT2D eigenvalue weighted by Gasteiger charge is -2.27. The van der Waals surface area contributed by atoms with Gasteiger partial charge in [0.05, 0.1) is 10.5 Å². The average Bonchev–Trinajstić information content (AvgIpc) is 3.29. The normalized spacial score (nSPS) is 13.9. The molecule has 0 radical (unpaired) electrons. The van der Waals surface area contributed by atoms with E-state index < -0.39 is 10.0 Å². The fourth-order valence-electron chi connectivity index (χ4n) is 5.16. The number of anilines is 1. The van der Waals surface area contributed by atoms with Crippen molar-refractivity contribution in [1.29, 1.82) is 0 Å². The van der Waals surface area contributed by atoms with Crippen molar-refractivity contribution in [1.82, 2.24) is 14.1 Å². The first-order valence-electron chi connectivity index (χ1n) is 14.4. The molecular weight excluding hydrogens is 569 g/mol. The van der Waals surface area contributed by atoms with Crippen LogP contribution >= 0.6 is 11.3 Å². The maximum absolute atomic E-state index is 13.4. The van der Waals surface area contributed by atoms with Gasteiger partial charge in [-0.3, -0.25) is 14.5 Å². The first kappa shape index (κ1) is 31.9. The van der Waals surface area contributed by atoms with Crippen molar-refractivity contribution in [2.45, 2.75) is 52.1 Å². The van der Waals surface area contributed by atoms with E-state index in [1.54, 1.807) is 14.1 Å². The highest BCUT2D eigenvalue weighted by Crippen LogP contribution is 2.38. The first-order valence-corrected chi connectivity index (χ1v) is 16.7. The van der Waals surface area contributed by atoms with Gasteiger partial charge in [0.1, 0.15) is 5.00 Å². The van der Waals surface area contributed by atoms with Gasteiger partial charge in [0.15, 0.2) is 0 Å². The molecule has 226 valence electrons. The van der Waals surface area contributed by atoms with Gasteiger partial charge < -0.3 is 10.2 Å². The van der Waals surface area contributed by atoms with Crippen LogP contribution in [-0.4, -0.2) is 68.1 Å². The SMILES string of the molecule is CC(C)CN(CC(C)C)S(=O)(=O)c1ccc(C(=O)Nc2sc3c(c2C(=O)N(C)C)CCN(Cc2ccccc2)C3)cc1. The van der Waals surface area contributed by atoms with Crippen LogP contribution in [-0.2, 0) is 29.5 Å². The number of sulfonamides is 1. The lowest BCUT2D eigenvalue weighted by Crippen LogP contribution is -2.37. The van der Waals surface area contributed by atoms with E-state index in [2.05, 4.69) is 22.3 Å². The number of fused-ring (bicyclic) bond motifs is 1. The standard InChI is InChI=1S/C32H42N4O4S2/c1-22(2)18-36(19-23(3)4)42(39,40)26-14-12-25(13-15-26)30(37)33-31-29(32(38)34(5)6)27-16-17-35(21-28(27)41-31)20-24-10-8-7-9-11-24/h7-15,22-23H,16-21H2,1-6H3,(H,33,37). The summed E-state index contributed by atoms with van der Waals surface area (Å²) in [5.41, 5.74) is 3.10. The van der Waals surface area contributed by atoms with Crippen molar-refractivity contribution in [2.75, 3.05) is 39.0 Å². The third-order valence-corrected chi connectivity index (χ3v) is 10.1. The van der Waals surface area contributed by atoms with Crippen LogP contribution in [0.15, 0.2) is 59.5 Å². The van der Waals surface area contributed by atoms with Crippen molar-refractivity contribution in [3.63, 3.8) is 0 Å². The van der Waals surface area contributed by atoms with E-state index in [1.165, 1.54) is 50.4 Å². The second-order valence-corrected chi connectivity index (χ2v) is 15.0. The molecule has 2 amide bonds. The molecule has 4 rings (SSSR count). The number of thiophene rings is 1. The molecular formula is C32H42N4O4S2. The van der Waals surface area contributed by atoms with Crippen molar-refractivity contribution in [3.05, 3.63) is 81.7 Å². The summed E-state index contributed by atoms with van der Waals surface area (Å²) >= 11 is 1.44. The fraction of sp³-hybridized carbons (Fsp3) is 0.438. The maximum atomic E-state index is 13.4. The Morgan fingerprint density at radius 3 is 2.14 bits per heavy atom. The highest BCUT2D eigenvalue weighted by atomic mass is 32.2. The van der Waals surface area contributed by atoms with Crippen LogP contribution in [0.1, 0.15) is 64.4 Å². The fourth-order valence-corrected chi connectivity index (χ4v) is 8.20. The van der Waals surface area contributed by atoms with Gasteiger partial charge >= 0.3 is 0 Å². The molecule has 0 saturated carbocycles. The van der Waals surface area contributed by atoms with Gasteiger partial charge in [-0.2, -0.15) is 4.31 Å². The molecule has 2 aromatic carbocycles. The number of nitrogens with one attached hydrogen (secondary N) is 1. The van der Waals surface area contributed by atoms with Crippen LogP contribution in [0.4, 0.5) is 5.00 Å². The lowest BCUT2D eigenvalue weighted by molar-refractivity contribution is 0.0827. The van der Waals surface area contributed by atoms with Crippen molar-refractivity contribution in [3.8, 4) is 0 Å². The van der Waals surface area contributed by atoms with Gasteiger partial charge in [-0.25, -0.2) is 8.42 Å². The Morgan fingerprint density at radius 1 is 0.952 bits per heavy atom. The second kappa shape index (κ2) is 13.5. The van der Waals surface area contributed by atoms with Gasteiger partial charge in [0.2, 0.25) is 10.0 Å². The molecule has 0 saturated heterocycles. The molecule has 8 nitrogen and oxygen atoms in total. The summed E-state index contributed by atoms with van der Waals surface area (Å²) < 4.78 is 28.3. The quantitative estimate of drug-likeness (QED) is 0.307. The molecule has 1 aliphatic heterocycles. The second-order valence-electron chi connectivity index (χ2n) is 11.9. The monoisotopic (exact) mass is 610 g/mol. The molecule has 42 heavy (non-hydrogen) atoms. The van der Waals surface area contributed by atoms with E-state index in [0.29, 0.717) is 35.8 Å². The highest BCUT2D eigenvalue weighted by molar-refractivity contribution is 7.89. The number of rotatable bonds is 11. The average molecular weight is 611 g/mol. The van der Waals surface area contributed by atoms with E-state index in [4.69, 9.17) is 0 Å². The first-order chi connectivity index (χ1) is 19.9. The number of hydrogen-bond acceptors (Lipinski definition) is 6. The zero-order chi connectivity index (χ0) is 30.6. The van der Waals surface area contributed by atoms with E-state index in [1.807, 2.05) is 45.9 Å². The van der Waals surface area contributed by atoms with Crippen molar-refractivity contribution >= 4 is 38.2 Å². The molecule has 1 aromatic heterocycles. The van der Waals surface area contributed by atoms with Gasteiger partial charge in [0.25, 0.3) is 11.8 Å². The van der Waals surface area contributed by atoms with Gasteiger partial charge in [-0.1, -0.05) is 58.0 Å². The number of amides is 2. The van der Waals surface area contributed by atoms with Crippen LogP contribution in [0.5, 0.6) is 0 Å². The largest absolute Gasteiger partial charge is 0.345 e. The van der Waals surface area contributed by atoms with Gasteiger partial charge in [0, 0.05) is 57.3 Å². The topological polar surface area (TPSA) is 90.0 Å². The highest BCUT2D eigenvalue weighted by Gasteiger charge is 2.30. The van der Waals surface area contributed by atoms with Crippen molar-refractivity contribution in [2.24, 2.45) is 11.8 Å². The molecule has 2 heterocycles. The molecule has 0 aliphatic carbocycles. The molecule has 0 spiro atoms. The molecule has 1 aliphatic rings. The third-order valence-electron chi connectivity index (χ3n) is 7.12. The summed E-state index contributed by atoms with van der Waals surface area (Å²) in [6, 6.07) is 16.3. The lowest BCUT2D eigenvalue weighted by atomic mass is 10.0. The van der Waals surface area contributed by atoms with E-state index in [-0.39, 0.29) is 28.5 Å². The molecule has 3 aromatic rings. The smallest absolute Gasteiger partial charge is 0.256 e. The number of carbonyl (C=O) groups excluding carboxylic acids is 2. The summed E-state index contributed by atoms with van der Waals surface area (Å²) in [7, 11) is -0.278. The Hall–Kier alpha value is -3.05. The predicted molar refractivity (Wildman–Crippen MR) is 169 cm³/mol. The van der Waals surface area contributed by atoms with Crippen LogP contribution in [0, 0.1) is 11.8 Å². The van der Waals surface area contributed by atoms with Crippen molar-refractivity contribution < 1.29 is 18.0 Å². The molecule has 0 bridgehead atoms. The molecule has 0 fully saturated rings. The predicted octanol–water partition coefficient (Wildman–Crippen LogP) is 5.56. The minimum absolute atomic E-state index is 0.142. The Kier molecular flexibility index (Phi) is 10.2. The summed E-state index contributed by atoms with van der Waals surface area (Å²) in [6.07, 6.45) is 0.721. The zero-order valence-corrected chi connectivity index (χ0v) is 27.0. The molecule has 0 unspecified atom stereocenters. The number of carbonyl (C=O) groups is 2. The van der Waals surface area contributed by atoms with E-state index in [9.17, 15) is 18.0 Å². The summed E-state index contributed by atoms with van der Waals surface area (Å²) in [6.45, 7) is 11.2. The Balaban J connectivity index is 1.55. The van der Waals surface area contributed by atoms with Crippen LogP contribution in [0.2, 0.25) is 0 Å². The zero-order valence-electron chi connectivity index (χ0n) is 25.4. The molecule has 10 heteroatoms. The van der Waals surface area contributed by atoms with Crippen LogP contribution in [0.25, 0.3) is 0 Å². The van der Waals surface area contributed by atoms with Gasteiger partial charge in [-0.05, 0) is 53.6 Å². The van der Waals surface area contributed by atoms with Crippen LogP contribution < -0.4 is 5.32 Å². The minimum atomic E-state index is -3.70. The Morgan fingerprint density at radius 2 is 1.57 bits per heavy atom. The number of benzene rings is 2. The number of hydrogen-bond donors (Lipinski definition) is 1. The molecule has 1 N–H and O–H groups in total. The van der Waals surface area contributed by atoms with E-state index >= 15 is 0 Å². The minimum Gasteiger partial charge on any atom is -0.345 e. The maximum Gasteiger partial charge on any atom is 0.256 e. The van der Waals surface area contributed by atoms with Gasteiger partial charge in [-0.15, -0.1) is 11.3 Å². The molecule has 0 atom stereocenters. The van der Waals surface area contributed by atoms with Crippen LogP contribution in [0.3, 0.4) is 0 Å². The van der Waals surface area contributed by atoms with E-state index in [0.717, 1.165) is 30.0 Å². The summed E-state index contributed by atoms with van der Waals surface area (Å²) in [5.74, 6) is -0.154. The number of nitrogens with zero attached hydrogens (tertiary/aromatic N) is 3. The third kappa shape index (κ3) is 7.47. The summed E-state index contributed by atoms with van der Waals surface area (Å²) in [5, 5.41) is 3.50.